The fourth-order valence-electron chi connectivity index (χ4n) is 4.24. The quantitative estimate of drug-likeness (QED) is 0.573. The van der Waals surface area contributed by atoms with E-state index in [1.54, 1.807) is 10.7 Å². The lowest BCUT2D eigenvalue weighted by Gasteiger charge is -2.27. The second kappa shape index (κ2) is 10.6. The van der Waals surface area contributed by atoms with E-state index >= 15 is 0 Å². The van der Waals surface area contributed by atoms with Crippen LogP contribution in [0.15, 0.2) is 47.4 Å². The third kappa shape index (κ3) is 6.72. The summed E-state index contributed by atoms with van der Waals surface area (Å²) < 4.78 is 7.33. The fourth-order valence-corrected chi connectivity index (χ4v) is 4.24. The van der Waals surface area contributed by atoms with Crippen molar-refractivity contribution in [1.82, 2.24) is 19.5 Å². The number of hydrogen-bond donors (Lipinski definition) is 1. The highest BCUT2D eigenvalue weighted by atomic mass is 16.6. The number of anilines is 1. The van der Waals surface area contributed by atoms with Crippen molar-refractivity contribution in [2.75, 3.05) is 25.0 Å². The number of hydrogen-bond acceptors (Lipinski definition) is 5. The van der Waals surface area contributed by atoms with Crippen molar-refractivity contribution in [3.63, 3.8) is 0 Å². The third-order valence-electron chi connectivity index (χ3n) is 6.17. The minimum Gasteiger partial charge on any atom is -0.443 e. The number of aromatic amines is 1. The summed E-state index contributed by atoms with van der Waals surface area (Å²) in [6.07, 6.45) is 7.71. The van der Waals surface area contributed by atoms with E-state index in [9.17, 15) is 9.59 Å². The van der Waals surface area contributed by atoms with E-state index in [0.717, 1.165) is 24.1 Å². The summed E-state index contributed by atoms with van der Waals surface area (Å²) in [6, 6.07) is 11.0. The van der Waals surface area contributed by atoms with Crippen molar-refractivity contribution in [3.05, 3.63) is 64.2 Å². The van der Waals surface area contributed by atoms with Gasteiger partial charge in [-0.25, -0.2) is 14.3 Å². The lowest BCUT2D eigenvalue weighted by molar-refractivity contribution is 0.0577. The van der Waals surface area contributed by atoms with Gasteiger partial charge in [0.1, 0.15) is 5.60 Å². The van der Waals surface area contributed by atoms with Crippen LogP contribution >= 0.6 is 0 Å². The Bertz CT molecular complexity index is 1180. The molecule has 1 N–H and O–H groups in total. The molecule has 1 aliphatic carbocycles. The summed E-state index contributed by atoms with van der Waals surface area (Å²) in [5, 5.41) is 2.83. The van der Waals surface area contributed by atoms with Gasteiger partial charge >= 0.3 is 6.09 Å². The zero-order valence-electron chi connectivity index (χ0n) is 21.3. The molecular weight excluding hydrogens is 442 g/mol. The van der Waals surface area contributed by atoms with Crippen LogP contribution in [-0.4, -0.2) is 51.3 Å². The molecule has 1 amide bonds. The van der Waals surface area contributed by atoms with Crippen LogP contribution in [-0.2, 0) is 11.3 Å². The monoisotopic (exact) mass is 479 g/mol. The second-order valence-electron chi connectivity index (χ2n) is 10.5. The van der Waals surface area contributed by atoms with E-state index in [1.807, 2.05) is 51.1 Å². The molecule has 1 saturated heterocycles. The molecule has 0 radical (unpaired) electrons. The number of fused-ring (bicyclic) bond motifs is 1. The molecule has 2 aromatic heterocycles. The first kappa shape index (κ1) is 25.0. The van der Waals surface area contributed by atoms with Crippen molar-refractivity contribution in [2.45, 2.75) is 70.9 Å². The zero-order valence-corrected chi connectivity index (χ0v) is 21.3. The summed E-state index contributed by atoms with van der Waals surface area (Å²) in [5.41, 5.74) is 1.94. The molecule has 0 atom stereocenters. The molecule has 2 aliphatic rings. The van der Waals surface area contributed by atoms with Crippen molar-refractivity contribution < 1.29 is 9.53 Å². The Morgan fingerprint density at radius 2 is 1.83 bits per heavy atom. The minimum atomic E-state index is -0.655. The molecule has 3 heterocycles. The molecule has 1 aromatic carbocycles. The predicted molar refractivity (Wildman–Crippen MR) is 138 cm³/mol. The summed E-state index contributed by atoms with van der Waals surface area (Å²) >= 11 is 0. The molecule has 35 heavy (non-hydrogen) atoms. The average Bonchev–Trinajstić information content (AvgIpc) is 3.56. The van der Waals surface area contributed by atoms with Crippen LogP contribution in [0.5, 0.6) is 0 Å². The Morgan fingerprint density at radius 3 is 2.40 bits per heavy atom. The van der Waals surface area contributed by atoms with Gasteiger partial charge in [-0.3, -0.25) is 14.8 Å². The number of ether oxygens (including phenoxy) is 1. The number of piperidine rings is 1. The number of benzene rings is 1. The Morgan fingerprint density at radius 1 is 1.14 bits per heavy atom. The molecule has 0 unspecified atom stereocenters. The summed E-state index contributed by atoms with van der Waals surface area (Å²) in [6.45, 7) is 8.37. The summed E-state index contributed by atoms with van der Waals surface area (Å²) in [4.78, 5) is 33.8. The molecule has 0 bridgehead atoms. The van der Waals surface area contributed by atoms with Gasteiger partial charge < -0.3 is 9.64 Å². The normalized spacial score (nSPS) is 16.5. The highest BCUT2D eigenvalue weighted by molar-refractivity contribution is 5.92. The minimum absolute atomic E-state index is 0.278. The number of nitrogens with one attached hydrogen (secondary N) is 1. The SMILES string of the molecule is CC(C)(C)OC(=O)N(Cc1ccccc1)c1cc(=O)[nH]n2c(C3CC3)cnc12.CN1CCCCC1. The van der Waals surface area contributed by atoms with Gasteiger partial charge in [0, 0.05) is 12.0 Å². The van der Waals surface area contributed by atoms with E-state index in [-0.39, 0.29) is 12.1 Å². The largest absolute Gasteiger partial charge is 0.443 e. The number of H-pyrrole nitrogens is 1. The number of amides is 1. The Kier molecular flexibility index (Phi) is 7.60. The van der Waals surface area contributed by atoms with Crippen LogP contribution in [0.3, 0.4) is 0 Å². The third-order valence-corrected chi connectivity index (χ3v) is 6.17. The molecule has 0 spiro atoms. The zero-order chi connectivity index (χ0) is 25.0. The Hall–Kier alpha value is -3.13. The van der Waals surface area contributed by atoms with Gasteiger partial charge in [-0.15, -0.1) is 0 Å². The van der Waals surface area contributed by atoms with Crippen LogP contribution in [0.4, 0.5) is 10.5 Å². The fraction of sp³-hybridized carbons (Fsp3) is 0.519. The number of carbonyl (C=O) groups excluding carboxylic acids is 1. The molecule has 1 saturated carbocycles. The van der Waals surface area contributed by atoms with Crippen molar-refractivity contribution in [1.29, 1.82) is 0 Å². The van der Waals surface area contributed by atoms with Crippen molar-refractivity contribution >= 4 is 17.4 Å². The maximum atomic E-state index is 13.0. The lowest BCUT2D eigenvalue weighted by atomic mass is 10.1. The Labute approximate surface area is 206 Å². The summed E-state index contributed by atoms with van der Waals surface area (Å²) in [5.74, 6) is 0.407. The molecule has 8 nitrogen and oxygen atoms in total. The first-order valence-corrected chi connectivity index (χ1v) is 12.5. The van der Waals surface area contributed by atoms with Crippen molar-refractivity contribution in [2.24, 2.45) is 0 Å². The number of rotatable bonds is 4. The van der Waals surface area contributed by atoms with Crippen LogP contribution in [0.1, 0.15) is 70.1 Å². The highest BCUT2D eigenvalue weighted by Crippen LogP contribution is 2.40. The number of carbonyl (C=O) groups is 1. The van der Waals surface area contributed by atoms with Gasteiger partial charge in [-0.2, -0.15) is 0 Å². The summed E-state index contributed by atoms with van der Waals surface area (Å²) in [7, 11) is 2.19. The predicted octanol–water partition coefficient (Wildman–Crippen LogP) is 4.94. The van der Waals surface area contributed by atoms with Crippen molar-refractivity contribution in [3.8, 4) is 0 Å². The molecule has 188 valence electrons. The van der Waals surface area contributed by atoms with E-state index in [4.69, 9.17) is 4.74 Å². The number of imidazole rings is 1. The first-order chi connectivity index (χ1) is 16.7. The molecule has 8 heteroatoms. The average molecular weight is 480 g/mol. The molecule has 3 aromatic rings. The standard InChI is InChI=1S/C21H24N4O3.C6H13N/c1-21(2,3)28-20(27)24(13-14-7-5-4-6-8-14)16-11-18(26)23-25-17(15-9-10-15)12-22-19(16)25;1-7-5-3-2-4-6-7/h4-8,11-12,15H,9-10,13H2,1-3H3,(H,23,26);2-6H2,1H3. The first-order valence-electron chi connectivity index (χ1n) is 12.5. The molecular formula is C27H37N5O3. The van der Waals surface area contributed by atoms with Gasteiger partial charge in [-0.05, 0) is 72.2 Å². The maximum Gasteiger partial charge on any atom is 0.415 e. The van der Waals surface area contributed by atoms with E-state index in [1.165, 1.54) is 43.3 Å². The van der Waals surface area contributed by atoms with Crippen LogP contribution in [0, 0.1) is 0 Å². The van der Waals surface area contributed by atoms with E-state index in [2.05, 4.69) is 22.0 Å². The Balaban J connectivity index is 0.000000356. The van der Waals surface area contributed by atoms with Crippen LogP contribution in [0.2, 0.25) is 0 Å². The number of nitrogens with zero attached hydrogens (tertiary/aromatic N) is 4. The smallest absolute Gasteiger partial charge is 0.415 e. The molecule has 2 fully saturated rings. The van der Waals surface area contributed by atoms with Gasteiger partial charge in [0.25, 0.3) is 5.56 Å². The van der Waals surface area contributed by atoms with Gasteiger partial charge in [-0.1, -0.05) is 36.8 Å². The highest BCUT2D eigenvalue weighted by Gasteiger charge is 2.30. The van der Waals surface area contributed by atoms with Gasteiger partial charge in [0.15, 0.2) is 5.65 Å². The molecule has 5 rings (SSSR count). The lowest BCUT2D eigenvalue weighted by Crippen LogP contribution is -2.37. The van der Waals surface area contributed by atoms with E-state index in [0.29, 0.717) is 17.3 Å². The topological polar surface area (TPSA) is 82.9 Å². The molecule has 1 aliphatic heterocycles. The van der Waals surface area contributed by atoms with Gasteiger partial charge in [0.2, 0.25) is 0 Å². The van der Waals surface area contributed by atoms with Gasteiger partial charge in [0.05, 0.1) is 24.1 Å². The maximum absolute atomic E-state index is 13.0. The second-order valence-corrected chi connectivity index (χ2v) is 10.5. The van der Waals surface area contributed by atoms with Crippen LogP contribution in [0.25, 0.3) is 5.65 Å². The van der Waals surface area contributed by atoms with Crippen LogP contribution < -0.4 is 10.5 Å². The number of likely N-dealkylation sites (tertiary alicyclic amines) is 1. The number of aromatic nitrogens is 3. The van der Waals surface area contributed by atoms with E-state index < -0.39 is 11.7 Å².